The molecule has 0 unspecified atom stereocenters. The first kappa shape index (κ1) is 12.5. The predicted octanol–water partition coefficient (Wildman–Crippen LogP) is 4.12. The molecule has 0 bridgehead atoms. The number of halogens is 2. The van der Waals surface area contributed by atoms with E-state index in [0.717, 1.165) is 31.5 Å². The number of hydrogen-bond donors (Lipinski definition) is 0. The summed E-state index contributed by atoms with van der Waals surface area (Å²) in [5.41, 5.74) is 0.746. The predicted molar refractivity (Wildman–Crippen MR) is 71.6 cm³/mol. The lowest BCUT2D eigenvalue weighted by atomic mass is 9.69. The second-order valence-corrected chi connectivity index (χ2v) is 5.54. The average molecular weight is 269 g/mol. The molecule has 0 N–H and O–H groups in total. The second kappa shape index (κ2) is 4.76. The fourth-order valence-corrected chi connectivity index (χ4v) is 2.79. The number of hydrogen-bond acceptors (Lipinski definition) is 2. The molecule has 1 aliphatic rings. The molecule has 1 aromatic carbocycles. The zero-order chi connectivity index (χ0) is 12.5. The van der Waals surface area contributed by atoms with E-state index in [-0.39, 0.29) is 5.41 Å². The Hall–Kier alpha value is -0.910. The molecule has 4 heteroatoms. The molecule has 0 aliphatic heterocycles. The van der Waals surface area contributed by atoms with Crippen LogP contribution < -0.4 is 4.90 Å². The molecule has 2 rings (SSSR count). The number of rotatable bonds is 3. The summed E-state index contributed by atoms with van der Waals surface area (Å²) in [6, 6.07) is 7.88. The van der Waals surface area contributed by atoms with Gasteiger partial charge in [-0.1, -0.05) is 29.6 Å². The zero-order valence-corrected chi connectivity index (χ0v) is 11.2. The van der Waals surface area contributed by atoms with Crippen LogP contribution in [0.15, 0.2) is 18.2 Å². The Bertz CT molecular complexity index is 461. The number of nitrogens with zero attached hydrogens (tertiary/aromatic N) is 2. The third-order valence-electron chi connectivity index (χ3n) is 3.41. The second-order valence-electron chi connectivity index (χ2n) is 4.70. The van der Waals surface area contributed by atoms with Crippen molar-refractivity contribution in [1.29, 1.82) is 5.26 Å². The number of anilines is 1. The Morgan fingerprint density at radius 3 is 2.59 bits per heavy atom. The van der Waals surface area contributed by atoms with Gasteiger partial charge in [-0.25, -0.2) is 0 Å². The molecule has 90 valence electrons. The summed E-state index contributed by atoms with van der Waals surface area (Å²) < 4.78 is 0. The summed E-state index contributed by atoms with van der Waals surface area (Å²) in [5.74, 6) is 0. The van der Waals surface area contributed by atoms with Gasteiger partial charge in [-0.3, -0.25) is 0 Å². The van der Waals surface area contributed by atoms with Gasteiger partial charge in [0, 0.05) is 18.6 Å². The topological polar surface area (TPSA) is 27.0 Å². The van der Waals surface area contributed by atoms with Crippen LogP contribution in [-0.2, 0) is 0 Å². The van der Waals surface area contributed by atoms with Gasteiger partial charge in [0.2, 0.25) is 0 Å². The summed E-state index contributed by atoms with van der Waals surface area (Å²) >= 11 is 12.0. The third-order valence-corrected chi connectivity index (χ3v) is 3.95. The molecule has 1 aromatic rings. The van der Waals surface area contributed by atoms with E-state index in [1.165, 1.54) is 0 Å². The van der Waals surface area contributed by atoms with Crippen molar-refractivity contribution in [2.45, 2.75) is 19.3 Å². The monoisotopic (exact) mass is 268 g/mol. The molecule has 0 amide bonds. The van der Waals surface area contributed by atoms with Crippen LogP contribution >= 0.6 is 23.2 Å². The van der Waals surface area contributed by atoms with Gasteiger partial charge >= 0.3 is 0 Å². The van der Waals surface area contributed by atoms with Crippen molar-refractivity contribution < 1.29 is 0 Å². The molecule has 0 saturated heterocycles. The van der Waals surface area contributed by atoms with Crippen molar-refractivity contribution in [3.05, 3.63) is 28.2 Å². The molecule has 1 aliphatic carbocycles. The van der Waals surface area contributed by atoms with Crippen LogP contribution in [0.25, 0.3) is 0 Å². The molecule has 0 atom stereocenters. The maximum absolute atomic E-state index is 9.21. The van der Waals surface area contributed by atoms with E-state index in [1.807, 2.05) is 24.1 Å². The molecule has 2 nitrogen and oxygen atoms in total. The molecule has 1 saturated carbocycles. The summed E-state index contributed by atoms with van der Waals surface area (Å²) in [6.45, 7) is 0.727. The van der Waals surface area contributed by atoms with Crippen LogP contribution in [0.4, 0.5) is 5.69 Å². The molecule has 1 fully saturated rings. The van der Waals surface area contributed by atoms with Gasteiger partial charge in [0.05, 0.1) is 22.2 Å². The maximum Gasteiger partial charge on any atom is 0.0748 e. The lowest BCUT2D eigenvalue weighted by molar-refractivity contribution is 0.223. The van der Waals surface area contributed by atoms with Crippen LogP contribution in [0, 0.1) is 16.7 Å². The summed E-state index contributed by atoms with van der Waals surface area (Å²) in [5, 5.41) is 10.5. The molecule has 0 radical (unpaired) electrons. The van der Waals surface area contributed by atoms with Crippen LogP contribution in [0.5, 0.6) is 0 Å². The molecular formula is C13H14Cl2N2. The van der Waals surface area contributed by atoms with E-state index >= 15 is 0 Å². The number of nitriles is 1. The minimum atomic E-state index is -0.183. The van der Waals surface area contributed by atoms with Gasteiger partial charge in [0.1, 0.15) is 0 Å². The minimum absolute atomic E-state index is 0.183. The van der Waals surface area contributed by atoms with Crippen LogP contribution in [-0.4, -0.2) is 13.6 Å². The van der Waals surface area contributed by atoms with E-state index in [9.17, 15) is 5.26 Å². The van der Waals surface area contributed by atoms with Crippen molar-refractivity contribution in [1.82, 2.24) is 0 Å². The first-order valence-electron chi connectivity index (χ1n) is 5.64. The van der Waals surface area contributed by atoms with Crippen molar-refractivity contribution in [3.63, 3.8) is 0 Å². The Morgan fingerprint density at radius 1 is 1.41 bits per heavy atom. The first-order valence-corrected chi connectivity index (χ1v) is 6.39. The standard InChI is InChI=1S/C13H14Cl2N2/c1-17(9-13(8-16)5-2-6-13)12-4-3-10(14)7-11(12)15/h3-4,7H,2,5-6,9H2,1H3. The highest BCUT2D eigenvalue weighted by molar-refractivity contribution is 6.36. The van der Waals surface area contributed by atoms with Crippen LogP contribution in [0.3, 0.4) is 0 Å². The Labute approximate surface area is 112 Å². The van der Waals surface area contributed by atoms with Crippen molar-refractivity contribution in [2.75, 3.05) is 18.5 Å². The zero-order valence-electron chi connectivity index (χ0n) is 9.71. The van der Waals surface area contributed by atoms with Gasteiger partial charge in [-0.2, -0.15) is 5.26 Å². The highest BCUT2D eigenvalue weighted by Gasteiger charge is 2.38. The molecule has 0 aromatic heterocycles. The van der Waals surface area contributed by atoms with Gasteiger partial charge in [-0.15, -0.1) is 0 Å². The molecule has 0 spiro atoms. The quantitative estimate of drug-likeness (QED) is 0.825. The van der Waals surface area contributed by atoms with E-state index in [1.54, 1.807) is 6.07 Å². The van der Waals surface area contributed by atoms with E-state index in [2.05, 4.69) is 6.07 Å². The van der Waals surface area contributed by atoms with Gasteiger partial charge < -0.3 is 4.90 Å². The number of benzene rings is 1. The van der Waals surface area contributed by atoms with Gasteiger partial charge in [0.25, 0.3) is 0 Å². The highest BCUT2D eigenvalue weighted by atomic mass is 35.5. The normalized spacial score (nSPS) is 17.1. The Kier molecular flexibility index (Phi) is 3.51. The Balaban J connectivity index is 2.15. The van der Waals surface area contributed by atoms with Gasteiger partial charge in [0.15, 0.2) is 0 Å². The van der Waals surface area contributed by atoms with Crippen LogP contribution in [0.2, 0.25) is 10.0 Å². The summed E-state index contributed by atoms with van der Waals surface area (Å²) in [4.78, 5) is 2.04. The van der Waals surface area contributed by atoms with Crippen molar-refractivity contribution >= 4 is 28.9 Å². The van der Waals surface area contributed by atoms with E-state index < -0.39 is 0 Å². The van der Waals surface area contributed by atoms with E-state index in [0.29, 0.717) is 10.0 Å². The first-order chi connectivity index (χ1) is 8.06. The fourth-order valence-electron chi connectivity index (χ4n) is 2.24. The third kappa shape index (κ3) is 2.51. The van der Waals surface area contributed by atoms with Crippen molar-refractivity contribution in [2.24, 2.45) is 5.41 Å². The van der Waals surface area contributed by atoms with E-state index in [4.69, 9.17) is 23.2 Å². The largest absolute Gasteiger partial charge is 0.372 e. The summed E-state index contributed by atoms with van der Waals surface area (Å²) in [7, 11) is 1.96. The average Bonchev–Trinajstić information content (AvgIpc) is 2.23. The minimum Gasteiger partial charge on any atom is -0.372 e. The molecule has 0 heterocycles. The molecule has 17 heavy (non-hydrogen) atoms. The summed E-state index contributed by atoms with van der Waals surface area (Å²) in [6.07, 6.45) is 3.12. The fraction of sp³-hybridized carbons (Fsp3) is 0.462. The lowest BCUT2D eigenvalue weighted by Crippen LogP contribution is -2.39. The van der Waals surface area contributed by atoms with Crippen molar-refractivity contribution in [3.8, 4) is 6.07 Å². The van der Waals surface area contributed by atoms with Crippen LogP contribution in [0.1, 0.15) is 19.3 Å². The van der Waals surface area contributed by atoms with Gasteiger partial charge in [-0.05, 0) is 31.0 Å². The highest BCUT2D eigenvalue weighted by Crippen LogP contribution is 2.42. The lowest BCUT2D eigenvalue weighted by Gasteiger charge is -2.39. The smallest absolute Gasteiger partial charge is 0.0748 e. The maximum atomic E-state index is 9.21. The Morgan fingerprint density at radius 2 is 2.12 bits per heavy atom. The SMILES string of the molecule is CN(CC1(C#N)CCC1)c1ccc(Cl)cc1Cl. The molecular weight excluding hydrogens is 255 g/mol.